The number of hydrogen-bond donors (Lipinski definition) is 1. The molecule has 1 fully saturated rings. The van der Waals surface area contributed by atoms with E-state index >= 15 is 0 Å². The molecule has 1 unspecified atom stereocenters. The van der Waals surface area contributed by atoms with Gasteiger partial charge in [-0.3, -0.25) is 4.79 Å². The second-order valence-corrected chi connectivity index (χ2v) is 7.10. The van der Waals surface area contributed by atoms with Crippen LogP contribution in [0.3, 0.4) is 0 Å². The van der Waals surface area contributed by atoms with Crippen molar-refractivity contribution in [3.05, 3.63) is 59.4 Å². The summed E-state index contributed by atoms with van der Waals surface area (Å²) in [6.07, 6.45) is 4.63. The molecule has 1 amide bonds. The maximum Gasteiger partial charge on any atom is 0.274 e. The maximum absolute atomic E-state index is 13.1. The fourth-order valence-electron chi connectivity index (χ4n) is 3.52. The van der Waals surface area contributed by atoms with Gasteiger partial charge in [-0.05, 0) is 55.7 Å². The lowest BCUT2D eigenvalue weighted by Gasteiger charge is -2.34. The van der Waals surface area contributed by atoms with Crippen molar-refractivity contribution < 1.29 is 9.21 Å². The number of amides is 1. The maximum atomic E-state index is 13.1. The number of nitrogens with two attached hydrogens (primary N) is 1. The summed E-state index contributed by atoms with van der Waals surface area (Å²) in [4.78, 5) is 15.0. The van der Waals surface area contributed by atoms with Gasteiger partial charge >= 0.3 is 0 Å². The van der Waals surface area contributed by atoms with Crippen LogP contribution in [0.25, 0.3) is 17.1 Å². The Morgan fingerprint density at radius 3 is 2.71 bits per heavy atom. The highest BCUT2D eigenvalue weighted by molar-refractivity contribution is 6.30. The molecule has 0 bridgehead atoms. The van der Waals surface area contributed by atoms with Crippen LogP contribution in [-0.4, -0.2) is 39.7 Å². The third-order valence-electron chi connectivity index (χ3n) is 4.93. The highest BCUT2D eigenvalue weighted by Gasteiger charge is 2.29. The lowest BCUT2D eigenvalue weighted by molar-refractivity contribution is 0.0617. The Bertz CT molecular complexity index is 922. The fourth-order valence-corrected chi connectivity index (χ4v) is 3.65. The molecule has 2 aromatic heterocycles. The number of piperidine rings is 1. The van der Waals surface area contributed by atoms with Crippen LogP contribution in [0.4, 0.5) is 0 Å². The topological polar surface area (TPSA) is 77.3 Å². The summed E-state index contributed by atoms with van der Waals surface area (Å²) in [7, 11) is 0. The normalized spacial score (nSPS) is 16.6. The van der Waals surface area contributed by atoms with E-state index in [-0.39, 0.29) is 24.4 Å². The summed E-state index contributed by atoms with van der Waals surface area (Å²) in [5.41, 5.74) is 7.79. The van der Waals surface area contributed by atoms with Crippen molar-refractivity contribution in [3.63, 3.8) is 0 Å². The first-order valence-corrected chi connectivity index (χ1v) is 9.46. The van der Waals surface area contributed by atoms with Gasteiger partial charge in [0.25, 0.3) is 5.91 Å². The predicted octanol–water partition coefficient (Wildman–Crippen LogP) is 4.16. The highest BCUT2D eigenvalue weighted by Crippen LogP contribution is 2.27. The van der Waals surface area contributed by atoms with Crippen molar-refractivity contribution in [2.24, 2.45) is 5.73 Å². The quantitative estimate of drug-likeness (QED) is 0.686. The Morgan fingerprint density at radius 2 is 2.04 bits per heavy atom. The van der Waals surface area contributed by atoms with E-state index < -0.39 is 0 Å². The number of likely N-dealkylation sites (tertiary alicyclic amines) is 1. The predicted molar refractivity (Wildman–Crippen MR) is 111 cm³/mol. The summed E-state index contributed by atoms with van der Waals surface area (Å²) in [6, 6.07) is 12.8. The Hall–Kier alpha value is -2.28. The Morgan fingerprint density at radius 1 is 1.25 bits per heavy atom. The Labute approximate surface area is 174 Å². The molecular weight excluding hydrogens is 399 g/mol. The third-order valence-corrected chi connectivity index (χ3v) is 5.19. The van der Waals surface area contributed by atoms with E-state index in [1.54, 1.807) is 29.1 Å². The SMILES string of the molecule is Cl.NCC1CCCCN1C(=O)c1cc(-c2ccco2)n(-c2ccc(Cl)cc2)n1. The zero-order valence-corrected chi connectivity index (χ0v) is 16.8. The molecule has 1 atom stereocenters. The summed E-state index contributed by atoms with van der Waals surface area (Å²) < 4.78 is 7.27. The molecule has 1 aliphatic heterocycles. The lowest BCUT2D eigenvalue weighted by Crippen LogP contribution is -2.47. The molecule has 0 aliphatic carbocycles. The zero-order chi connectivity index (χ0) is 18.8. The zero-order valence-electron chi connectivity index (χ0n) is 15.3. The molecule has 1 saturated heterocycles. The van der Waals surface area contributed by atoms with Gasteiger partial charge < -0.3 is 15.1 Å². The van der Waals surface area contributed by atoms with Crippen LogP contribution in [-0.2, 0) is 0 Å². The first-order chi connectivity index (χ1) is 13.2. The monoisotopic (exact) mass is 420 g/mol. The summed E-state index contributed by atoms with van der Waals surface area (Å²) in [6.45, 7) is 1.18. The molecule has 0 saturated carbocycles. The molecule has 2 N–H and O–H groups in total. The summed E-state index contributed by atoms with van der Waals surface area (Å²) in [5.74, 6) is 0.552. The van der Waals surface area contributed by atoms with Gasteiger partial charge in [-0.1, -0.05) is 11.6 Å². The Kier molecular flexibility index (Phi) is 6.44. The second-order valence-electron chi connectivity index (χ2n) is 6.66. The van der Waals surface area contributed by atoms with Crippen molar-refractivity contribution >= 4 is 29.9 Å². The van der Waals surface area contributed by atoms with E-state index in [4.69, 9.17) is 21.8 Å². The molecule has 148 valence electrons. The van der Waals surface area contributed by atoms with E-state index in [0.717, 1.165) is 24.9 Å². The average Bonchev–Trinajstić information content (AvgIpc) is 3.37. The van der Waals surface area contributed by atoms with Crippen LogP contribution >= 0.6 is 24.0 Å². The van der Waals surface area contributed by atoms with E-state index in [1.807, 2.05) is 29.2 Å². The van der Waals surface area contributed by atoms with Gasteiger partial charge in [0.1, 0.15) is 5.69 Å². The minimum absolute atomic E-state index is 0. The molecule has 28 heavy (non-hydrogen) atoms. The summed E-state index contributed by atoms with van der Waals surface area (Å²) >= 11 is 6.01. The number of carbonyl (C=O) groups excluding carboxylic acids is 1. The first kappa shape index (κ1) is 20.5. The standard InChI is InChI=1S/C20H21ClN4O2.ClH/c21-14-6-8-15(9-7-14)25-18(19-5-3-11-27-19)12-17(23-25)20(26)24-10-2-1-4-16(24)13-22;/h3,5-9,11-12,16H,1-2,4,10,13,22H2;1H. The molecule has 4 rings (SSSR count). The highest BCUT2D eigenvalue weighted by atomic mass is 35.5. The molecule has 3 heterocycles. The summed E-state index contributed by atoms with van der Waals surface area (Å²) in [5, 5.41) is 5.23. The first-order valence-electron chi connectivity index (χ1n) is 9.08. The van der Waals surface area contributed by atoms with Crippen molar-refractivity contribution in [1.29, 1.82) is 0 Å². The fraction of sp³-hybridized carbons (Fsp3) is 0.300. The van der Waals surface area contributed by atoms with E-state index in [2.05, 4.69) is 5.10 Å². The van der Waals surface area contributed by atoms with Gasteiger partial charge in [0.2, 0.25) is 0 Å². The van der Waals surface area contributed by atoms with Crippen LogP contribution in [0.15, 0.2) is 53.1 Å². The number of carbonyl (C=O) groups is 1. The largest absolute Gasteiger partial charge is 0.463 e. The number of furan rings is 1. The number of benzene rings is 1. The van der Waals surface area contributed by atoms with Crippen LogP contribution in [0.2, 0.25) is 5.02 Å². The minimum Gasteiger partial charge on any atom is -0.463 e. The molecule has 1 aliphatic rings. The second kappa shape index (κ2) is 8.82. The number of halogens is 2. The average molecular weight is 421 g/mol. The molecule has 0 spiro atoms. The third kappa shape index (κ3) is 3.94. The molecule has 3 aromatic rings. The van der Waals surface area contributed by atoms with Gasteiger partial charge in [0.05, 0.1) is 12.0 Å². The number of rotatable bonds is 4. The number of hydrogen-bond acceptors (Lipinski definition) is 4. The van der Waals surface area contributed by atoms with E-state index in [9.17, 15) is 4.79 Å². The minimum atomic E-state index is -0.0920. The van der Waals surface area contributed by atoms with Gasteiger partial charge in [-0.2, -0.15) is 5.10 Å². The Balaban J connectivity index is 0.00000225. The van der Waals surface area contributed by atoms with Crippen LogP contribution in [0.1, 0.15) is 29.8 Å². The molecule has 8 heteroatoms. The van der Waals surface area contributed by atoms with Crippen molar-refractivity contribution in [1.82, 2.24) is 14.7 Å². The van der Waals surface area contributed by atoms with Gasteiger partial charge in [0.15, 0.2) is 11.5 Å². The smallest absolute Gasteiger partial charge is 0.274 e. The van der Waals surface area contributed by atoms with Crippen molar-refractivity contribution in [3.8, 4) is 17.1 Å². The van der Waals surface area contributed by atoms with Gasteiger partial charge in [-0.25, -0.2) is 4.68 Å². The molecule has 6 nitrogen and oxygen atoms in total. The van der Waals surface area contributed by atoms with Crippen LogP contribution in [0.5, 0.6) is 0 Å². The van der Waals surface area contributed by atoms with Gasteiger partial charge in [-0.15, -0.1) is 12.4 Å². The van der Waals surface area contributed by atoms with Gasteiger partial charge in [0, 0.05) is 30.2 Å². The van der Waals surface area contributed by atoms with E-state index in [1.165, 1.54) is 0 Å². The number of aromatic nitrogens is 2. The number of nitrogens with zero attached hydrogens (tertiary/aromatic N) is 3. The van der Waals surface area contributed by atoms with Crippen molar-refractivity contribution in [2.45, 2.75) is 25.3 Å². The van der Waals surface area contributed by atoms with Crippen LogP contribution in [0, 0.1) is 0 Å². The van der Waals surface area contributed by atoms with Crippen molar-refractivity contribution in [2.75, 3.05) is 13.1 Å². The lowest BCUT2D eigenvalue weighted by atomic mass is 10.0. The molecule has 1 aromatic carbocycles. The molecule has 0 radical (unpaired) electrons. The van der Waals surface area contributed by atoms with E-state index in [0.29, 0.717) is 35.3 Å². The van der Waals surface area contributed by atoms with Crippen LogP contribution < -0.4 is 5.73 Å². The molecular formula is C20H22Cl2N4O2.